The van der Waals surface area contributed by atoms with E-state index in [0.717, 1.165) is 17.6 Å². The lowest BCUT2D eigenvalue weighted by molar-refractivity contribution is -0.870. The van der Waals surface area contributed by atoms with Gasteiger partial charge in [-0.1, -0.05) is 46.4 Å². The minimum atomic E-state index is 0. The highest BCUT2D eigenvalue weighted by atomic mass is 35.5. The molecule has 0 saturated heterocycles. The zero-order chi connectivity index (χ0) is 15.9. The minimum Gasteiger partial charge on any atom is -0.481 e. The standard InChI is InChI=1S/C7H16NOS.C6H2Cl4.B/c1-7(10)9-6-5-8(2,3)4;7-3-1-2-4(8)6(10)5(3)9;/h5-6H2,1-4H3;1-2H;/q+1;;. The number of likely N-dealkylation sites (N-methyl/N-ethyl adjacent to an activating group) is 1. The summed E-state index contributed by atoms with van der Waals surface area (Å²) in [5, 5.41) is 2.06. The Bertz CT molecular complexity index is 439. The highest BCUT2D eigenvalue weighted by Crippen LogP contribution is 2.34. The molecule has 1 rings (SSSR count). The first-order valence-electron chi connectivity index (χ1n) is 5.77. The molecular weight excluding hydrogens is 371 g/mol. The lowest BCUT2D eigenvalue weighted by Crippen LogP contribution is -2.37. The Morgan fingerprint density at radius 1 is 1.05 bits per heavy atom. The van der Waals surface area contributed by atoms with Crippen LogP contribution >= 0.6 is 58.6 Å². The second kappa shape index (κ2) is 10.9. The molecule has 2 nitrogen and oxygen atoms in total. The molecule has 3 radical (unpaired) electrons. The van der Waals surface area contributed by atoms with Gasteiger partial charge in [-0.25, -0.2) is 0 Å². The fraction of sp³-hybridized carbons (Fsp3) is 0.462. The van der Waals surface area contributed by atoms with Crippen LogP contribution in [0, 0.1) is 0 Å². The van der Waals surface area contributed by atoms with Crippen molar-refractivity contribution in [2.45, 2.75) is 6.92 Å². The maximum absolute atomic E-state index is 5.63. The maximum atomic E-state index is 5.63. The van der Waals surface area contributed by atoms with Crippen molar-refractivity contribution in [3.63, 3.8) is 0 Å². The Hall–Kier alpha value is 0.295. The van der Waals surface area contributed by atoms with Gasteiger partial charge in [0.25, 0.3) is 0 Å². The van der Waals surface area contributed by atoms with E-state index >= 15 is 0 Å². The van der Waals surface area contributed by atoms with Crippen molar-refractivity contribution in [2.75, 3.05) is 34.3 Å². The predicted octanol–water partition coefficient (Wildman–Crippen LogP) is 4.98. The van der Waals surface area contributed by atoms with Crippen molar-refractivity contribution in [2.24, 2.45) is 0 Å². The molecule has 0 aliphatic heterocycles. The lowest BCUT2D eigenvalue weighted by atomic mass is 10.4. The van der Waals surface area contributed by atoms with E-state index in [1.54, 1.807) is 19.1 Å². The summed E-state index contributed by atoms with van der Waals surface area (Å²) in [7, 11) is 6.38. The summed E-state index contributed by atoms with van der Waals surface area (Å²) in [6.07, 6.45) is 0. The fourth-order valence-corrected chi connectivity index (χ4v) is 1.79. The number of hydrogen-bond acceptors (Lipinski definition) is 2. The Kier molecular flexibility index (Phi) is 12.3. The summed E-state index contributed by atoms with van der Waals surface area (Å²) in [4.78, 5) is 0. The zero-order valence-corrected chi connectivity index (χ0v) is 16.3. The summed E-state index contributed by atoms with van der Waals surface area (Å²) in [6.45, 7) is 3.51. The van der Waals surface area contributed by atoms with Crippen LogP contribution in [0.25, 0.3) is 0 Å². The zero-order valence-electron chi connectivity index (χ0n) is 12.4. The van der Waals surface area contributed by atoms with Crippen LogP contribution in [0.1, 0.15) is 6.92 Å². The van der Waals surface area contributed by atoms with Crippen LogP contribution in [-0.2, 0) is 4.74 Å². The van der Waals surface area contributed by atoms with E-state index in [1.807, 2.05) is 0 Å². The van der Waals surface area contributed by atoms with Crippen molar-refractivity contribution in [3.05, 3.63) is 32.2 Å². The van der Waals surface area contributed by atoms with E-state index in [-0.39, 0.29) is 8.41 Å². The summed E-state index contributed by atoms with van der Waals surface area (Å²) >= 11 is 27.2. The number of thiocarbonyl (C=S) groups is 1. The highest BCUT2D eigenvalue weighted by Gasteiger charge is 2.06. The first-order chi connectivity index (χ1) is 9.04. The van der Waals surface area contributed by atoms with Gasteiger partial charge in [0.1, 0.15) is 13.2 Å². The monoisotopic (exact) mass is 387 g/mol. The number of ether oxygens (including phenoxy) is 1. The first kappa shape index (κ1) is 23.6. The molecule has 0 fully saturated rings. The van der Waals surface area contributed by atoms with E-state index in [0.29, 0.717) is 25.1 Å². The van der Waals surface area contributed by atoms with Crippen LogP contribution < -0.4 is 0 Å². The lowest BCUT2D eigenvalue weighted by Gasteiger charge is -2.23. The van der Waals surface area contributed by atoms with Crippen molar-refractivity contribution >= 4 is 72.1 Å². The molecule has 8 heteroatoms. The number of quaternary nitrogens is 1. The van der Waals surface area contributed by atoms with Gasteiger partial charge >= 0.3 is 0 Å². The normalized spacial score (nSPS) is 10.1. The molecule has 0 heterocycles. The highest BCUT2D eigenvalue weighted by molar-refractivity contribution is 7.80. The Morgan fingerprint density at radius 3 is 1.71 bits per heavy atom. The van der Waals surface area contributed by atoms with Crippen LogP contribution in [-0.4, -0.2) is 52.2 Å². The van der Waals surface area contributed by atoms with Gasteiger partial charge in [0.2, 0.25) is 0 Å². The summed E-state index contributed by atoms with van der Waals surface area (Å²) in [6, 6.07) is 3.19. The third kappa shape index (κ3) is 11.5. The minimum absolute atomic E-state index is 0. The van der Waals surface area contributed by atoms with E-state index in [4.69, 9.17) is 63.4 Å². The van der Waals surface area contributed by atoms with E-state index < -0.39 is 0 Å². The summed E-state index contributed by atoms with van der Waals surface area (Å²) < 4.78 is 6.05. The van der Waals surface area contributed by atoms with Crippen LogP contribution in [0.15, 0.2) is 12.1 Å². The molecule has 0 atom stereocenters. The Balaban J connectivity index is 0. The third-order valence-electron chi connectivity index (χ3n) is 2.06. The quantitative estimate of drug-likeness (QED) is 0.237. The average Bonchev–Trinajstić information content (AvgIpc) is 2.30. The molecule has 21 heavy (non-hydrogen) atoms. The van der Waals surface area contributed by atoms with Gasteiger partial charge in [0, 0.05) is 15.3 Å². The molecule has 0 aromatic heterocycles. The smallest absolute Gasteiger partial charge is 0.156 e. The molecule has 0 spiro atoms. The van der Waals surface area contributed by atoms with Crippen LogP contribution in [0.2, 0.25) is 20.1 Å². The van der Waals surface area contributed by atoms with Crippen molar-refractivity contribution in [3.8, 4) is 0 Å². The molecule has 1 aromatic rings. The molecule has 0 saturated carbocycles. The Labute approximate surface area is 154 Å². The van der Waals surface area contributed by atoms with Crippen molar-refractivity contribution in [1.29, 1.82) is 0 Å². The second-order valence-electron chi connectivity index (χ2n) is 5.01. The first-order valence-corrected chi connectivity index (χ1v) is 7.69. The molecule has 0 aliphatic rings. The second-order valence-corrected chi connectivity index (χ2v) is 7.16. The number of rotatable bonds is 3. The predicted molar refractivity (Wildman–Crippen MR) is 99.4 cm³/mol. The van der Waals surface area contributed by atoms with Gasteiger partial charge in [0.15, 0.2) is 5.05 Å². The van der Waals surface area contributed by atoms with Gasteiger partial charge in [-0.2, -0.15) is 0 Å². The maximum Gasteiger partial charge on any atom is 0.156 e. The van der Waals surface area contributed by atoms with Gasteiger partial charge in [-0.15, -0.1) is 0 Å². The molecule has 0 aliphatic carbocycles. The van der Waals surface area contributed by atoms with Gasteiger partial charge < -0.3 is 9.22 Å². The summed E-state index contributed by atoms with van der Waals surface area (Å²) in [5.74, 6) is 0. The number of halogens is 4. The Morgan fingerprint density at radius 2 is 1.43 bits per heavy atom. The van der Waals surface area contributed by atoms with Crippen LogP contribution in [0.5, 0.6) is 0 Å². The molecule has 0 N–H and O–H groups in total. The molecule has 1 aromatic carbocycles. The summed E-state index contributed by atoms with van der Waals surface area (Å²) in [5.41, 5.74) is 0. The number of nitrogens with zero attached hydrogens (tertiary/aromatic N) is 1. The molecule has 0 amide bonds. The average molecular weight is 389 g/mol. The third-order valence-corrected chi connectivity index (χ3v) is 3.88. The van der Waals surface area contributed by atoms with E-state index in [1.165, 1.54) is 0 Å². The van der Waals surface area contributed by atoms with Gasteiger partial charge in [-0.3, -0.25) is 0 Å². The van der Waals surface area contributed by atoms with E-state index in [2.05, 4.69) is 21.1 Å². The van der Waals surface area contributed by atoms with Crippen molar-refractivity contribution in [1.82, 2.24) is 0 Å². The molecule has 0 bridgehead atoms. The number of hydrogen-bond donors (Lipinski definition) is 0. The molecule has 0 unspecified atom stereocenters. The van der Waals surface area contributed by atoms with Crippen LogP contribution in [0.4, 0.5) is 0 Å². The molecular formula is C13H18BCl4NOS+. The topological polar surface area (TPSA) is 9.23 Å². The van der Waals surface area contributed by atoms with E-state index in [9.17, 15) is 0 Å². The van der Waals surface area contributed by atoms with Gasteiger partial charge in [0.05, 0.1) is 41.2 Å². The molecule has 117 valence electrons. The van der Waals surface area contributed by atoms with Crippen LogP contribution in [0.3, 0.4) is 0 Å². The number of benzene rings is 1. The SMILES string of the molecule is CC(=S)OCC[N+](C)(C)C.Clc1ccc(Cl)c(Cl)c1Cl.[B]. The fourth-order valence-electron chi connectivity index (χ4n) is 0.966. The largest absolute Gasteiger partial charge is 0.481 e. The van der Waals surface area contributed by atoms with Crippen molar-refractivity contribution < 1.29 is 9.22 Å². The van der Waals surface area contributed by atoms with Gasteiger partial charge in [-0.05, 0) is 24.4 Å².